The monoisotopic (exact) mass is 228 g/mol. The first-order chi connectivity index (χ1) is 7.35. The normalized spacial score (nSPS) is 10.6. The largest absolute Gasteiger partial charge is 0.210 e. The topological polar surface area (TPSA) is 0 Å². The highest BCUT2D eigenvalue weighted by molar-refractivity contribution is 8.25. The van der Waals surface area contributed by atoms with Gasteiger partial charge < -0.3 is 0 Å². The van der Waals surface area contributed by atoms with Crippen LogP contribution in [-0.4, -0.2) is 11.7 Å². The predicted octanol–water partition coefficient (Wildman–Crippen LogP) is 5.50. The zero-order valence-electron chi connectivity index (χ0n) is 11.1. The Labute approximate surface area is 102 Å². The highest BCUT2D eigenvalue weighted by atomic mass is 32.2. The smallest absolute Gasteiger partial charge is 0.209 e. The van der Waals surface area contributed by atoms with Gasteiger partial charge in [-0.15, -0.1) is 0 Å². The Morgan fingerprint density at radius 2 is 1.27 bits per heavy atom. The van der Waals surface area contributed by atoms with Gasteiger partial charge in [0, 0.05) is 0 Å². The van der Waals surface area contributed by atoms with Crippen LogP contribution in [0.2, 0.25) is 12.6 Å². The van der Waals surface area contributed by atoms with Crippen LogP contribution in [0.5, 0.6) is 0 Å². The minimum atomic E-state index is 0.960. The maximum absolute atomic E-state index is 2.30. The third-order valence-electron chi connectivity index (χ3n) is 2.86. The van der Waals surface area contributed by atoms with E-state index in [4.69, 9.17) is 0 Å². The average Bonchev–Trinajstić information content (AvgIpc) is 2.27. The van der Waals surface area contributed by atoms with Crippen molar-refractivity contribution in [2.75, 3.05) is 5.75 Å². The van der Waals surface area contributed by atoms with Gasteiger partial charge in [-0.25, -0.2) is 11.6 Å². The lowest BCUT2D eigenvalue weighted by atomic mass is 9.66. The van der Waals surface area contributed by atoms with Gasteiger partial charge in [-0.05, 0) is 12.2 Å². The molecule has 0 fully saturated rings. The van der Waals surface area contributed by atoms with E-state index in [0.717, 1.165) is 5.99 Å². The van der Waals surface area contributed by atoms with Gasteiger partial charge in [0.05, 0.1) is 0 Å². The molecule has 0 heterocycles. The molecule has 0 spiro atoms. The average molecular weight is 228 g/mol. The molecule has 0 aromatic rings. The van der Waals surface area contributed by atoms with Crippen molar-refractivity contribution in [2.24, 2.45) is 0 Å². The van der Waals surface area contributed by atoms with Crippen LogP contribution in [0.4, 0.5) is 0 Å². The van der Waals surface area contributed by atoms with Crippen LogP contribution >= 0.6 is 11.6 Å². The van der Waals surface area contributed by atoms with Crippen molar-refractivity contribution in [3.05, 3.63) is 0 Å². The van der Waals surface area contributed by atoms with Crippen LogP contribution in [-0.2, 0) is 0 Å². The number of hydrogen-bond acceptors (Lipinski definition) is 1. The number of unbranched alkanes of at least 4 members (excludes halogenated alkanes) is 4. The minimum Gasteiger partial charge on any atom is -0.210 e. The summed E-state index contributed by atoms with van der Waals surface area (Å²) in [6.45, 7) is 6.90. The van der Waals surface area contributed by atoms with Crippen molar-refractivity contribution in [3.8, 4) is 0 Å². The van der Waals surface area contributed by atoms with Gasteiger partial charge in [0.15, 0.2) is 0 Å². The molecule has 15 heavy (non-hydrogen) atoms. The summed E-state index contributed by atoms with van der Waals surface area (Å²) in [5.41, 5.74) is 0. The van der Waals surface area contributed by atoms with Crippen molar-refractivity contribution in [1.82, 2.24) is 0 Å². The first kappa shape index (κ1) is 15.4. The van der Waals surface area contributed by atoms with E-state index in [9.17, 15) is 0 Å². The quantitative estimate of drug-likeness (QED) is 0.332. The van der Waals surface area contributed by atoms with Gasteiger partial charge in [-0.1, -0.05) is 71.9 Å². The summed E-state index contributed by atoms with van der Waals surface area (Å²) >= 11 is 2.24. The summed E-state index contributed by atoms with van der Waals surface area (Å²) in [6, 6.07) is 0. The highest BCUT2D eigenvalue weighted by Gasteiger charge is 2.12. The Balaban J connectivity index is 3.49. The molecule has 0 aliphatic heterocycles. The van der Waals surface area contributed by atoms with Crippen LogP contribution < -0.4 is 0 Å². The van der Waals surface area contributed by atoms with E-state index >= 15 is 0 Å². The molecule has 0 aliphatic carbocycles. The zero-order chi connectivity index (χ0) is 11.4. The third-order valence-corrected chi connectivity index (χ3v) is 4.33. The van der Waals surface area contributed by atoms with Gasteiger partial charge in [-0.2, -0.15) is 0 Å². The van der Waals surface area contributed by atoms with Crippen molar-refractivity contribution < 1.29 is 0 Å². The van der Waals surface area contributed by atoms with Crippen LogP contribution in [0.3, 0.4) is 0 Å². The maximum atomic E-state index is 2.30. The van der Waals surface area contributed by atoms with Gasteiger partial charge >= 0.3 is 0 Å². The molecular formula is C13H29BS. The van der Waals surface area contributed by atoms with E-state index in [2.05, 4.69) is 32.4 Å². The molecule has 0 unspecified atom stereocenters. The molecule has 0 bridgehead atoms. The van der Waals surface area contributed by atoms with Crippen LogP contribution in [0.25, 0.3) is 0 Å². The van der Waals surface area contributed by atoms with Gasteiger partial charge in [0.25, 0.3) is 0 Å². The summed E-state index contributed by atoms with van der Waals surface area (Å²) in [4.78, 5) is 0. The second-order valence-corrected chi connectivity index (χ2v) is 5.89. The van der Waals surface area contributed by atoms with Crippen LogP contribution in [0.15, 0.2) is 0 Å². The summed E-state index contributed by atoms with van der Waals surface area (Å²) in [5.74, 6) is 2.35. The van der Waals surface area contributed by atoms with E-state index in [1.807, 2.05) is 0 Å². The Bertz CT molecular complexity index is 109. The molecule has 90 valence electrons. The molecule has 0 rings (SSSR count). The zero-order valence-corrected chi connectivity index (χ0v) is 11.9. The highest BCUT2D eigenvalue weighted by Crippen LogP contribution is 2.21. The van der Waals surface area contributed by atoms with E-state index < -0.39 is 0 Å². The summed E-state index contributed by atoms with van der Waals surface area (Å²) in [6.07, 6.45) is 12.7. The second kappa shape index (κ2) is 12.5. The summed E-state index contributed by atoms with van der Waals surface area (Å²) in [5, 5.41) is 0. The van der Waals surface area contributed by atoms with Crippen molar-refractivity contribution >= 4 is 17.6 Å². The Kier molecular flexibility index (Phi) is 12.8. The standard InChI is InChI=1S/C13H29BS/c1-4-7-10-13-15-14(11-8-5-2)12-9-6-3/h4-13H2,1-3H3. The third kappa shape index (κ3) is 10.7. The SMILES string of the molecule is CCCCCSB(CCCC)CCCC. The van der Waals surface area contributed by atoms with E-state index in [-0.39, 0.29) is 0 Å². The van der Waals surface area contributed by atoms with Crippen molar-refractivity contribution in [2.45, 2.75) is 78.4 Å². The van der Waals surface area contributed by atoms with Gasteiger partial charge in [0.2, 0.25) is 5.99 Å². The Morgan fingerprint density at radius 3 is 1.73 bits per heavy atom. The molecule has 0 saturated heterocycles. The van der Waals surface area contributed by atoms with Crippen molar-refractivity contribution in [1.29, 1.82) is 0 Å². The minimum absolute atomic E-state index is 0.960. The fourth-order valence-electron chi connectivity index (χ4n) is 1.78. The molecule has 0 radical (unpaired) electrons. The molecule has 0 nitrogen and oxygen atoms in total. The molecule has 0 aromatic carbocycles. The summed E-state index contributed by atoms with van der Waals surface area (Å²) < 4.78 is 0. The van der Waals surface area contributed by atoms with Gasteiger partial charge in [-0.3, -0.25) is 0 Å². The molecule has 0 N–H and O–H groups in total. The van der Waals surface area contributed by atoms with Crippen molar-refractivity contribution in [3.63, 3.8) is 0 Å². The van der Waals surface area contributed by atoms with Crippen LogP contribution in [0, 0.1) is 0 Å². The lowest BCUT2D eigenvalue weighted by molar-refractivity contribution is 0.779. The lowest BCUT2D eigenvalue weighted by Gasteiger charge is -2.12. The molecule has 0 atom stereocenters. The molecule has 0 saturated carbocycles. The van der Waals surface area contributed by atoms with Gasteiger partial charge in [0.1, 0.15) is 0 Å². The first-order valence-electron chi connectivity index (χ1n) is 6.96. The molecule has 0 aromatic heterocycles. The maximum Gasteiger partial charge on any atom is 0.209 e. The Hall–Kier alpha value is 0.415. The number of rotatable bonds is 11. The molecule has 2 heteroatoms. The Morgan fingerprint density at radius 1 is 0.733 bits per heavy atom. The molecular weight excluding hydrogens is 199 g/mol. The predicted molar refractivity (Wildman–Crippen MR) is 77.2 cm³/mol. The van der Waals surface area contributed by atoms with E-state index in [0.29, 0.717) is 0 Å². The summed E-state index contributed by atoms with van der Waals surface area (Å²) in [7, 11) is 0. The molecule has 0 amide bonds. The second-order valence-electron chi connectivity index (χ2n) is 4.48. The lowest BCUT2D eigenvalue weighted by Crippen LogP contribution is -2.08. The fourth-order valence-corrected chi connectivity index (χ4v) is 3.15. The first-order valence-corrected chi connectivity index (χ1v) is 8.01. The van der Waals surface area contributed by atoms with Crippen LogP contribution in [0.1, 0.15) is 65.7 Å². The van der Waals surface area contributed by atoms with E-state index in [1.165, 1.54) is 63.3 Å². The van der Waals surface area contributed by atoms with E-state index in [1.54, 1.807) is 0 Å². The molecule has 0 aliphatic rings. The number of hydrogen-bond donors (Lipinski definition) is 0. The fraction of sp³-hybridized carbons (Fsp3) is 1.00.